The molecule has 0 aliphatic heterocycles. The van der Waals surface area contributed by atoms with Crippen LogP contribution in [0.4, 0.5) is 0 Å². The predicted octanol–water partition coefficient (Wildman–Crippen LogP) is 4.57. The lowest BCUT2D eigenvalue weighted by molar-refractivity contribution is 0.264. The molecule has 1 aromatic rings. The summed E-state index contributed by atoms with van der Waals surface area (Å²) in [6.45, 7) is 4.70. The van der Waals surface area contributed by atoms with E-state index in [9.17, 15) is 0 Å². The van der Waals surface area contributed by atoms with Crippen LogP contribution >= 0.6 is 0 Å². The van der Waals surface area contributed by atoms with Crippen LogP contribution in [0.2, 0.25) is 0 Å². The molecule has 0 amide bonds. The summed E-state index contributed by atoms with van der Waals surface area (Å²) in [6.07, 6.45) is 9.46. The third-order valence-corrected chi connectivity index (χ3v) is 4.93. The number of hydrogen-bond donors (Lipinski definition) is 1. The summed E-state index contributed by atoms with van der Waals surface area (Å²) in [5.74, 6) is 1.83. The van der Waals surface area contributed by atoms with Crippen molar-refractivity contribution in [2.24, 2.45) is 5.92 Å². The maximum absolute atomic E-state index is 5.20. The van der Waals surface area contributed by atoms with E-state index in [4.69, 9.17) is 4.74 Å². The van der Waals surface area contributed by atoms with Crippen molar-refractivity contribution in [2.45, 2.75) is 70.9 Å². The van der Waals surface area contributed by atoms with Crippen LogP contribution in [-0.4, -0.2) is 19.2 Å². The minimum absolute atomic E-state index is 0.587. The predicted molar refractivity (Wildman–Crippen MR) is 89.9 cm³/mol. The van der Waals surface area contributed by atoms with Crippen molar-refractivity contribution in [3.63, 3.8) is 0 Å². The van der Waals surface area contributed by atoms with Gasteiger partial charge in [0, 0.05) is 12.1 Å². The van der Waals surface area contributed by atoms with Crippen LogP contribution in [0, 0.1) is 5.92 Å². The Morgan fingerprint density at radius 2 is 1.76 bits per heavy atom. The van der Waals surface area contributed by atoms with Crippen molar-refractivity contribution in [3.05, 3.63) is 29.8 Å². The number of rotatable bonds is 7. The van der Waals surface area contributed by atoms with Gasteiger partial charge in [-0.1, -0.05) is 31.4 Å². The normalized spacial score (nSPS) is 19.2. The molecule has 0 aromatic heterocycles. The fourth-order valence-electron chi connectivity index (χ4n) is 3.48. The molecule has 1 aromatic carbocycles. The average molecular weight is 289 g/mol. The molecule has 2 heteroatoms. The zero-order valence-electron chi connectivity index (χ0n) is 13.9. The molecule has 0 bridgehead atoms. The molecule has 21 heavy (non-hydrogen) atoms. The van der Waals surface area contributed by atoms with Crippen LogP contribution in [0.15, 0.2) is 24.3 Å². The van der Waals surface area contributed by atoms with Crippen LogP contribution in [0.5, 0.6) is 5.75 Å². The number of hydrogen-bond acceptors (Lipinski definition) is 2. The van der Waals surface area contributed by atoms with E-state index in [-0.39, 0.29) is 0 Å². The van der Waals surface area contributed by atoms with Gasteiger partial charge in [0.05, 0.1) is 7.11 Å². The average Bonchev–Trinajstić information content (AvgIpc) is 2.54. The molecule has 118 valence electrons. The summed E-state index contributed by atoms with van der Waals surface area (Å²) in [5.41, 5.74) is 1.40. The Labute approximate surface area is 130 Å². The van der Waals surface area contributed by atoms with E-state index in [1.165, 1.54) is 44.1 Å². The lowest BCUT2D eigenvalue weighted by atomic mass is 9.84. The maximum Gasteiger partial charge on any atom is 0.118 e. The molecule has 0 heterocycles. The second-order valence-electron chi connectivity index (χ2n) is 6.64. The first-order valence-corrected chi connectivity index (χ1v) is 8.58. The first-order valence-electron chi connectivity index (χ1n) is 8.58. The molecule has 2 unspecified atom stereocenters. The van der Waals surface area contributed by atoms with Gasteiger partial charge in [-0.3, -0.25) is 0 Å². The minimum atomic E-state index is 0.587. The van der Waals surface area contributed by atoms with Crippen molar-refractivity contribution in [3.8, 4) is 5.75 Å². The van der Waals surface area contributed by atoms with Gasteiger partial charge < -0.3 is 10.1 Å². The Bertz CT molecular complexity index is 395. The van der Waals surface area contributed by atoms with E-state index in [1.54, 1.807) is 7.11 Å². The molecule has 1 N–H and O–H groups in total. The van der Waals surface area contributed by atoms with Crippen molar-refractivity contribution >= 4 is 0 Å². The Balaban J connectivity index is 1.71. The number of aryl methyl sites for hydroxylation is 1. The van der Waals surface area contributed by atoms with Crippen LogP contribution in [0.1, 0.15) is 57.9 Å². The van der Waals surface area contributed by atoms with Gasteiger partial charge in [-0.25, -0.2) is 0 Å². The fourth-order valence-corrected chi connectivity index (χ4v) is 3.48. The minimum Gasteiger partial charge on any atom is -0.497 e. The molecule has 2 rings (SSSR count). The molecule has 1 aliphatic rings. The largest absolute Gasteiger partial charge is 0.497 e. The Morgan fingerprint density at radius 3 is 2.38 bits per heavy atom. The Kier molecular flexibility index (Phi) is 6.56. The van der Waals surface area contributed by atoms with Gasteiger partial charge in [-0.2, -0.15) is 0 Å². The van der Waals surface area contributed by atoms with E-state index < -0.39 is 0 Å². The van der Waals surface area contributed by atoms with Gasteiger partial charge in [-0.05, 0) is 63.1 Å². The molecule has 0 saturated heterocycles. The van der Waals surface area contributed by atoms with Crippen LogP contribution in [0.25, 0.3) is 0 Å². The first kappa shape index (κ1) is 16.4. The molecule has 1 fully saturated rings. The summed E-state index contributed by atoms with van der Waals surface area (Å²) in [5, 5.41) is 3.82. The van der Waals surface area contributed by atoms with Gasteiger partial charge in [0.25, 0.3) is 0 Å². The molecule has 2 nitrogen and oxygen atoms in total. The monoisotopic (exact) mass is 289 g/mol. The lowest BCUT2D eigenvalue weighted by Crippen LogP contribution is -2.40. The number of methoxy groups -OCH3 is 1. The zero-order valence-corrected chi connectivity index (χ0v) is 13.9. The van der Waals surface area contributed by atoms with Crippen molar-refractivity contribution in [2.75, 3.05) is 7.11 Å². The summed E-state index contributed by atoms with van der Waals surface area (Å²) in [6, 6.07) is 9.71. The highest BCUT2D eigenvalue weighted by molar-refractivity contribution is 5.27. The third kappa shape index (κ3) is 5.35. The molecule has 2 atom stereocenters. The highest BCUT2D eigenvalue weighted by atomic mass is 16.5. The van der Waals surface area contributed by atoms with E-state index >= 15 is 0 Å². The highest BCUT2D eigenvalue weighted by Gasteiger charge is 2.20. The standard InChI is InChI=1S/C19H31NO/c1-15(20-16(2)18-7-5-4-6-8-18)9-10-17-11-13-19(21-3)14-12-17/h11-16,18,20H,4-10H2,1-3H3. The second kappa shape index (κ2) is 8.43. The molecule has 1 aliphatic carbocycles. The van der Waals surface area contributed by atoms with E-state index in [2.05, 4.69) is 43.4 Å². The number of benzene rings is 1. The molecule has 1 saturated carbocycles. The van der Waals surface area contributed by atoms with E-state index in [0.717, 1.165) is 18.1 Å². The topological polar surface area (TPSA) is 21.3 Å². The smallest absolute Gasteiger partial charge is 0.118 e. The fraction of sp³-hybridized carbons (Fsp3) is 0.684. The van der Waals surface area contributed by atoms with Crippen molar-refractivity contribution in [1.29, 1.82) is 0 Å². The summed E-state index contributed by atoms with van der Waals surface area (Å²) in [7, 11) is 1.72. The van der Waals surface area contributed by atoms with Gasteiger partial charge in [0.2, 0.25) is 0 Å². The first-order chi connectivity index (χ1) is 10.2. The van der Waals surface area contributed by atoms with Crippen LogP contribution in [0.3, 0.4) is 0 Å². The van der Waals surface area contributed by atoms with E-state index in [0.29, 0.717) is 12.1 Å². The van der Waals surface area contributed by atoms with Gasteiger partial charge in [0.1, 0.15) is 5.75 Å². The summed E-state index contributed by atoms with van der Waals surface area (Å²) < 4.78 is 5.20. The van der Waals surface area contributed by atoms with Crippen LogP contribution < -0.4 is 10.1 Å². The second-order valence-corrected chi connectivity index (χ2v) is 6.64. The highest BCUT2D eigenvalue weighted by Crippen LogP contribution is 2.26. The van der Waals surface area contributed by atoms with Crippen molar-refractivity contribution in [1.82, 2.24) is 5.32 Å². The zero-order chi connectivity index (χ0) is 15.1. The Hall–Kier alpha value is -1.02. The van der Waals surface area contributed by atoms with Gasteiger partial charge >= 0.3 is 0 Å². The molecular formula is C19H31NO. The lowest BCUT2D eigenvalue weighted by Gasteiger charge is -2.30. The quantitative estimate of drug-likeness (QED) is 0.793. The SMILES string of the molecule is COc1ccc(CCC(C)NC(C)C2CCCCC2)cc1. The van der Waals surface area contributed by atoms with E-state index in [1.807, 2.05) is 0 Å². The van der Waals surface area contributed by atoms with Crippen molar-refractivity contribution < 1.29 is 4.74 Å². The molecule has 0 spiro atoms. The Morgan fingerprint density at radius 1 is 1.10 bits per heavy atom. The molecular weight excluding hydrogens is 258 g/mol. The number of ether oxygens (including phenoxy) is 1. The van der Waals surface area contributed by atoms with Gasteiger partial charge in [0.15, 0.2) is 0 Å². The molecule has 0 radical (unpaired) electrons. The summed E-state index contributed by atoms with van der Waals surface area (Å²) in [4.78, 5) is 0. The van der Waals surface area contributed by atoms with Gasteiger partial charge in [-0.15, -0.1) is 0 Å². The number of nitrogens with one attached hydrogen (secondary N) is 1. The summed E-state index contributed by atoms with van der Waals surface area (Å²) >= 11 is 0. The third-order valence-electron chi connectivity index (χ3n) is 4.93. The maximum atomic E-state index is 5.20. The van der Waals surface area contributed by atoms with Crippen LogP contribution in [-0.2, 0) is 6.42 Å².